The van der Waals surface area contributed by atoms with E-state index >= 15 is 0 Å². The van der Waals surface area contributed by atoms with E-state index in [0.717, 1.165) is 5.82 Å². The summed E-state index contributed by atoms with van der Waals surface area (Å²) in [6.07, 6.45) is 1.91. The first-order valence-corrected chi connectivity index (χ1v) is 10.6. The summed E-state index contributed by atoms with van der Waals surface area (Å²) in [6, 6.07) is 17.9. The van der Waals surface area contributed by atoms with Crippen LogP contribution in [0.1, 0.15) is 25.3 Å². The van der Waals surface area contributed by atoms with Crippen LogP contribution in [0.2, 0.25) is 0 Å². The van der Waals surface area contributed by atoms with E-state index in [-0.39, 0.29) is 0 Å². The molecule has 0 bridgehead atoms. The van der Waals surface area contributed by atoms with Crippen LogP contribution in [-0.4, -0.2) is 19.9 Å². The number of benzene rings is 2. The van der Waals surface area contributed by atoms with Gasteiger partial charge in [0.25, 0.3) is 0 Å². The molecule has 1 aromatic heterocycles. The normalized spacial score (nSPS) is 14.2. The third-order valence-electron chi connectivity index (χ3n) is 4.48. The Morgan fingerprint density at radius 1 is 1.00 bits per heavy atom. The SMILES string of the molecule is CC(C)c1ccc2c(c1)N1c3ncccc3[Se]c3cccc(c31)S2. The fourth-order valence-corrected chi connectivity index (χ4v) is 6.70. The monoisotopic (exact) mass is 396 g/mol. The molecule has 0 saturated heterocycles. The van der Waals surface area contributed by atoms with Crippen LogP contribution in [0.25, 0.3) is 0 Å². The average molecular weight is 395 g/mol. The van der Waals surface area contributed by atoms with E-state index in [0.29, 0.717) is 20.9 Å². The van der Waals surface area contributed by atoms with Crippen LogP contribution < -0.4 is 13.8 Å². The second kappa shape index (κ2) is 5.38. The molecule has 0 aliphatic carbocycles. The van der Waals surface area contributed by atoms with Gasteiger partial charge in [-0.3, -0.25) is 0 Å². The van der Waals surface area contributed by atoms with Gasteiger partial charge in [0.15, 0.2) is 0 Å². The standard InChI is InChI=1S/C20H16N2SSe/c1-12(2)13-8-9-15-14(11-13)22-19-16(23-15)5-3-6-17(19)24-18-7-4-10-21-20(18)22/h3-12H,1-2H3. The summed E-state index contributed by atoms with van der Waals surface area (Å²) in [7, 11) is 0. The summed E-state index contributed by atoms with van der Waals surface area (Å²) in [5, 5.41) is 0. The van der Waals surface area contributed by atoms with Crippen molar-refractivity contribution in [3.05, 3.63) is 60.3 Å². The van der Waals surface area contributed by atoms with Crippen molar-refractivity contribution in [3.63, 3.8) is 0 Å². The molecular formula is C20H16N2SSe. The van der Waals surface area contributed by atoms with E-state index in [9.17, 15) is 0 Å². The molecule has 2 aliphatic rings. The number of fused-ring (bicyclic) bond motifs is 4. The van der Waals surface area contributed by atoms with Crippen LogP contribution in [0.5, 0.6) is 0 Å². The second-order valence-electron chi connectivity index (χ2n) is 6.35. The van der Waals surface area contributed by atoms with Crippen molar-refractivity contribution in [1.29, 1.82) is 0 Å². The molecule has 0 saturated carbocycles. The Morgan fingerprint density at radius 3 is 2.75 bits per heavy atom. The van der Waals surface area contributed by atoms with Gasteiger partial charge in [-0.25, -0.2) is 0 Å². The van der Waals surface area contributed by atoms with Gasteiger partial charge in [-0.15, -0.1) is 0 Å². The van der Waals surface area contributed by atoms with E-state index < -0.39 is 0 Å². The van der Waals surface area contributed by atoms with Crippen LogP contribution in [0.4, 0.5) is 17.2 Å². The van der Waals surface area contributed by atoms with Crippen molar-refractivity contribution in [3.8, 4) is 0 Å². The molecule has 0 fully saturated rings. The Hall–Kier alpha value is -1.74. The van der Waals surface area contributed by atoms with Gasteiger partial charge in [0.2, 0.25) is 0 Å². The van der Waals surface area contributed by atoms with Gasteiger partial charge >= 0.3 is 153 Å². The minimum absolute atomic E-state index is 0.319. The molecule has 3 heterocycles. The van der Waals surface area contributed by atoms with Gasteiger partial charge in [0.05, 0.1) is 0 Å². The van der Waals surface area contributed by atoms with Crippen molar-refractivity contribution in [1.82, 2.24) is 4.98 Å². The molecule has 4 heteroatoms. The Morgan fingerprint density at radius 2 is 1.88 bits per heavy atom. The number of anilines is 3. The predicted octanol–water partition coefficient (Wildman–Crippen LogP) is 4.11. The van der Waals surface area contributed by atoms with E-state index in [2.05, 4.69) is 67.3 Å². The van der Waals surface area contributed by atoms with Crippen molar-refractivity contribution < 1.29 is 0 Å². The average Bonchev–Trinajstić information content (AvgIpc) is 2.61. The second-order valence-corrected chi connectivity index (χ2v) is 9.71. The first-order chi connectivity index (χ1) is 11.7. The van der Waals surface area contributed by atoms with Crippen molar-refractivity contribution in [2.45, 2.75) is 29.6 Å². The van der Waals surface area contributed by atoms with Gasteiger partial charge in [0, 0.05) is 0 Å². The topological polar surface area (TPSA) is 16.1 Å². The van der Waals surface area contributed by atoms with Gasteiger partial charge < -0.3 is 0 Å². The molecule has 2 nitrogen and oxygen atoms in total. The Labute approximate surface area is 152 Å². The van der Waals surface area contributed by atoms with E-state index in [1.54, 1.807) is 0 Å². The first-order valence-electron chi connectivity index (χ1n) is 8.10. The molecule has 5 rings (SSSR count). The zero-order valence-electron chi connectivity index (χ0n) is 13.5. The van der Waals surface area contributed by atoms with Gasteiger partial charge in [-0.05, 0) is 0 Å². The summed E-state index contributed by atoms with van der Waals surface area (Å²) < 4.78 is 2.82. The third kappa shape index (κ3) is 2.07. The third-order valence-corrected chi connectivity index (χ3v) is 7.88. The minimum atomic E-state index is 0.319. The number of hydrogen-bond donors (Lipinski definition) is 0. The van der Waals surface area contributed by atoms with Crippen LogP contribution in [0.15, 0.2) is 64.5 Å². The molecule has 0 radical (unpaired) electrons. The maximum atomic E-state index is 4.75. The maximum absolute atomic E-state index is 4.75. The molecule has 0 spiro atoms. The molecule has 0 amide bonds. The molecule has 24 heavy (non-hydrogen) atoms. The Kier molecular flexibility index (Phi) is 3.27. The van der Waals surface area contributed by atoms with Crippen LogP contribution in [0.3, 0.4) is 0 Å². The quantitative estimate of drug-likeness (QED) is 0.398. The number of para-hydroxylation sites is 1. The number of nitrogens with zero attached hydrogens (tertiary/aromatic N) is 2. The molecule has 0 atom stereocenters. The molecule has 3 aromatic rings. The first kappa shape index (κ1) is 14.6. The van der Waals surface area contributed by atoms with Gasteiger partial charge in [-0.2, -0.15) is 0 Å². The van der Waals surface area contributed by atoms with E-state index in [4.69, 9.17) is 4.98 Å². The molecule has 0 unspecified atom stereocenters. The summed E-state index contributed by atoms with van der Waals surface area (Å²) in [5.74, 6) is 1.63. The van der Waals surface area contributed by atoms with Gasteiger partial charge in [-0.1, -0.05) is 0 Å². The van der Waals surface area contributed by atoms with Gasteiger partial charge in [0.1, 0.15) is 0 Å². The number of hydrogen-bond acceptors (Lipinski definition) is 3. The molecule has 118 valence electrons. The van der Waals surface area contributed by atoms with E-state index in [1.165, 1.54) is 35.7 Å². The van der Waals surface area contributed by atoms with Crippen LogP contribution in [0, 0.1) is 0 Å². The van der Waals surface area contributed by atoms with Crippen molar-refractivity contribution in [2.24, 2.45) is 0 Å². The number of aromatic nitrogens is 1. The van der Waals surface area contributed by atoms with Crippen molar-refractivity contribution >= 4 is 52.8 Å². The summed E-state index contributed by atoms with van der Waals surface area (Å²) in [6.45, 7) is 4.51. The summed E-state index contributed by atoms with van der Waals surface area (Å²) in [5.41, 5.74) is 4.01. The molecule has 2 aliphatic heterocycles. The molecular weight excluding hydrogens is 379 g/mol. The van der Waals surface area contributed by atoms with Crippen LogP contribution >= 0.6 is 11.8 Å². The fourth-order valence-electron chi connectivity index (χ4n) is 3.25. The summed E-state index contributed by atoms with van der Waals surface area (Å²) in [4.78, 5) is 9.80. The molecule has 0 N–H and O–H groups in total. The molecule has 2 aromatic carbocycles. The fraction of sp³-hybridized carbons (Fsp3) is 0.150. The number of pyridine rings is 1. The Bertz CT molecular complexity index is 953. The van der Waals surface area contributed by atoms with Crippen LogP contribution in [-0.2, 0) is 0 Å². The van der Waals surface area contributed by atoms with E-state index in [1.807, 2.05) is 18.0 Å². The zero-order valence-corrected chi connectivity index (χ0v) is 16.0. The zero-order chi connectivity index (χ0) is 16.3. The number of rotatable bonds is 1. The Balaban J connectivity index is 1.81. The summed E-state index contributed by atoms with van der Waals surface area (Å²) >= 11 is 2.20. The predicted molar refractivity (Wildman–Crippen MR) is 102 cm³/mol. The van der Waals surface area contributed by atoms with Crippen molar-refractivity contribution in [2.75, 3.05) is 4.90 Å².